The number of benzene rings is 4. The van der Waals surface area contributed by atoms with Crippen molar-refractivity contribution in [2.45, 2.75) is 25.7 Å². The number of nitrogens with zero attached hydrogens (tertiary/aromatic N) is 2. The van der Waals surface area contributed by atoms with Crippen LogP contribution in [-0.2, 0) is 46.1 Å². The van der Waals surface area contributed by atoms with Crippen molar-refractivity contribution in [3.63, 3.8) is 0 Å². The summed E-state index contributed by atoms with van der Waals surface area (Å²) in [5, 5.41) is 1.59. The van der Waals surface area contributed by atoms with Gasteiger partial charge in [-0.25, -0.2) is 0 Å². The summed E-state index contributed by atoms with van der Waals surface area (Å²) >= 11 is 0. The number of nitrogens with two attached hydrogens (primary N) is 2. The molecule has 13 nitrogen and oxygen atoms in total. The Balaban J connectivity index is 1.61. The normalized spacial score (nSPS) is 12.4. The third-order valence-electron chi connectivity index (χ3n) is 6.45. The van der Waals surface area contributed by atoms with Gasteiger partial charge in [-0.05, 0) is 35.4 Å². The minimum absolute atomic E-state index is 0.0441. The smallest absolute Gasteiger partial charge is 0.366 e. The fourth-order valence-corrected chi connectivity index (χ4v) is 4.88. The quantitative estimate of drug-likeness (QED) is 0.0684. The summed E-state index contributed by atoms with van der Waals surface area (Å²) in [7, 11) is -3.15. The molecule has 236 valence electrons. The number of carbonyl (C=O) groups is 4. The first kappa shape index (κ1) is 33.6. The van der Waals surface area contributed by atoms with Crippen molar-refractivity contribution in [2.24, 2.45) is 11.5 Å². The van der Waals surface area contributed by atoms with E-state index >= 15 is 0 Å². The molecule has 4 rings (SSSR count). The Morgan fingerprint density at radius 3 is 1.26 bits per heavy atom. The van der Waals surface area contributed by atoms with Crippen molar-refractivity contribution in [1.82, 2.24) is 10.1 Å². The molecule has 0 aromatic heterocycles. The fraction of sp³-hybridized carbons (Fsp3) is 0.125. The number of hydrogen-bond acceptors (Lipinski definition) is 9. The van der Waals surface area contributed by atoms with E-state index in [9.17, 15) is 23.7 Å². The highest BCUT2D eigenvalue weighted by Crippen LogP contribution is 2.41. The Morgan fingerprint density at radius 2 is 0.957 bits per heavy atom. The number of hydrogen-bond donors (Lipinski definition) is 2. The Morgan fingerprint density at radius 1 is 0.609 bits per heavy atom. The molecule has 4 aromatic rings. The highest BCUT2D eigenvalue weighted by molar-refractivity contribution is 7.33. The van der Waals surface area contributed by atoms with Gasteiger partial charge in [0.15, 0.2) is 0 Å². The van der Waals surface area contributed by atoms with Gasteiger partial charge in [0, 0.05) is 26.8 Å². The van der Waals surface area contributed by atoms with Crippen LogP contribution in [0.4, 0.5) is 0 Å². The van der Waals surface area contributed by atoms with E-state index in [2.05, 4.69) is 0 Å². The third kappa shape index (κ3) is 9.35. The number of amides is 4. The molecule has 0 bridgehead atoms. The van der Waals surface area contributed by atoms with E-state index in [-0.39, 0.29) is 35.5 Å². The first-order valence-electron chi connectivity index (χ1n) is 13.7. The Hall–Kier alpha value is -5.30. The zero-order chi connectivity index (χ0) is 32.9. The topological polar surface area (TPSA) is 181 Å². The molecule has 2 atom stereocenters. The predicted octanol–water partition coefficient (Wildman–Crippen LogP) is 4.45. The maximum atomic E-state index is 13.5. The van der Waals surface area contributed by atoms with Crippen molar-refractivity contribution in [3.8, 4) is 0 Å². The number of hydroxylamine groups is 4. The molecule has 46 heavy (non-hydrogen) atoms. The van der Waals surface area contributed by atoms with Crippen molar-refractivity contribution in [2.75, 3.05) is 0 Å². The minimum Gasteiger partial charge on any atom is -0.366 e. The Bertz CT molecular complexity index is 1500. The van der Waals surface area contributed by atoms with Gasteiger partial charge in [-0.1, -0.05) is 94.0 Å². The monoisotopic (exact) mass is 645 g/mol. The summed E-state index contributed by atoms with van der Waals surface area (Å²) in [5.41, 5.74) is 13.1. The van der Waals surface area contributed by atoms with Crippen molar-refractivity contribution in [1.29, 1.82) is 0 Å². The molecule has 4 amide bonds. The van der Waals surface area contributed by atoms with Gasteiger partial charge in [0.1, 0.15) is 13.2 Å². The molecule has 2 unspecified atom stereocenters. The largest absolute Gasteiger partial charge is 0.702 e. The van der Waals surface area contributed by atoms with Crippen LogP contribution in [-0.4, -0.2) is 34.8 Å². The van der Waals surface area contributed by atoms with E-state index in [1.54, 1.807) is 48.5 Å². The van der Waals surface area contributed by atoms with Crippen LogP contribution in [0.1, 0.15) is 55.4 Å². The first-order valence-corrected chi connectivity index (χ1v) is 14.8. The van der Waals surface area contributed by atoms with Gasteiger partial charge in [0.2, 0.25) is 37.1 Å². The molecule has 0 saturated carbocycles. The highest BCUT2D eigenvalue weighted by atomic mass is 31.1. The van der Waals surface area contributed by atoms with Crippen molar-refractivity contribution < 1.29 is 42.5 Å². The summed E-state index contributed by atoms with van der Waals surface area (Å²) < 4.78 is 24.9. The maximum Gasteiger partial charge on any atom is 0.702 e. The van der Waals surface area contributed by atoms with Crippen LogP contribution in [0.3, 0.4) is 0 Å². The molecule has 0 aliphatic carbocycles. The molecular weight excluding hydrogens is 615 g/mol. The van der Waals surface area contributed by atoms with Gasteiger partial charge in [-0.2, -0.15) is 10.1 Å². The molecule has 0 fully saturated rings. The van der Waals surface area contributed by atoms with E-state index in [4.69, 9.17) is 30.2 Å². The summed E-state index contributed by atoms with van der Waals surface area (Å²) in [6.45, 7) is -0.0882. The molecule has 0 spiro atoms. The molecule has 4 N–H and O–H groups in total. The lowest BCUT2D eigenvalue weighted by Crippen LogP contribution is -2.30. The highest BCUT2D eigenvalue weighted by Gasteiger charge is 2.39. The van der Waals surface area contributed by atoms with Crippen LogP contribution in [0.25, 0.3) is 0 Å². The van der Waals surface area contributed by atoms with Crippen molar-refractivity contribution >= 4 is 32.9 Å². The maximum absolute atomic E-state index is 13.5. The van der Waals surface area contributed by atoms with Crippen LogP contribution in [0.2, 0.25) is 0 Å². The van der Waals surface area contributed by atoms with Crippen molar-refractivity contribution in [3.05, 3.63) is 143 Å². The van der Waals surface area contributed by atoms with Crippen LogP contribution in [0.15, 0.2) is 109 Å². The lowest BCUT2D eigenvalue weighted by Gasteiger charge is -2.25. The number of carbonyl (C=O) groups excluding carboxylic acids is 4. The lowest BCUT2D eigenvalue weighted by molar-refractivity contribution is -0.234. The lowest BCUT2D eigenvalue weighted by atomic mass is 10.1. The zero-order valence-electron chi connectivity index (χ0n) is 24.3. The average Bonchev–Trinajstić information content (AvgIpc) is 3.08. The standard InChI is InChI=1S/C32H29N4O9P/c33-29(39)25-11-15-27(16-12-25)31(35(21-37)42-19-23-7-3-1-4-8-23)44-46(41)45-32(28-17-13-26(14-18-28)30(34)40)36(22-38)43-20-24-9-5-2-6-10-24/h1-18,21-22,31-32H,19-20H2,(H3-,33,34,39,40)/p+1. The second kappa shape index (κ2) is 16.7. The number of rotatable bonds is 18. The first-order chi connectivity index (χ1) is 22.3. The van der Waals surface area contributed by atoms with E-state index in [1.165, 1.54) is 48.5 Å². The Labute approximate surface area is 265 Å². The summed E-state index contributed by atoms with van der Waals surface area (Å²) in [6.07, 6.45) is -2.22. The third-order valence-corrected chi connectivity index (χ3v) is 7.19. The molecule has 0 heterocycles. The van der Waals surface area contributed by atoms with Crippen LogP contribution < -0.4 is 11.5 Å². The second-order valence-corrected chi connectivity index (χ2v) is 10.4. The molecule has 14 heteroatoms. The summed E-state index contributed by atoms with van der Waals surface area (Å²) in [6, 6.07) is 29.3. The summed E-state index contributed by atoms with van der Waals surface area (Å²) in [4.78, 5) is 59.0. The summed E-state index contributed by atoms with van der Waals surface area (Å²) in [5.74, 6) is -1.36. The SMILES string of the molecule is NC(=O)c1ccc(C(O[P+](=O)OC(c2ccc(C(N)=O)cc2)N(C=O)OCc2ccccc2)N(C=O)OCc2ccccc2)cc1. The van der Waals surface area contributed by atoms with E-state index in [0.29, 0.717) is 12.8 Å². The van der Waals surface area contributed by atoms with E-state index in [1.807, 2.05) is 12.1 Å². The van der Waals surface area contributed by atoms with Gasteiger partial charge in [0.05, 0.1) is 0 Å². The predicted molar refractivity (Wildman–Crippen MR) is 163 cm³/mol. The number of primary amides is 2. The van der Waals surface area contributed by atoms with Gasteiger partial charge < -0.3 is 11.5 Å². The zero-order valence-corrected chi connectivity index (χ0v) is 25.2. The Kier molecular flexibility index (Phi) is 12.2. The van der Waals surface area contributed by atoms with E-state index in [0.717, 1.165) is 21.3 Å². The van der Waals surface area contributed by atoms with Gasteiger partial charge in [-0.3, -0.25) is 28.9 Å². The van der Waals surface area contributed by atoms with Gasteiger partial charge >= 0.3 is 8.25 Å². The van der Waals surface area contributed by atoms with E-state index < -0.39 is 32.5 Å². The molecular formula is C32H30N4O9P+. The van der Waals surface area contributed by atoms with Gasteiger partial charge in [0.25, 0.3) is 0 Å². The second-order valence-electron chi connectivity index (χ2n) is 9.56. The van der Waals surface area contributed by atoms with Crippen LogP contribution >= 0.6 is 8.25 Å². The molecule has 0 saturated heterocycles. The minimum atomic E-state index is -3.15. The average molecular weight is 646 g/mol. The van der Waals surface area contributed by atoms with Gasteiger partial charge in [-0.15, -0.1) is 0 Å². The molecule has 0 aliphatic rings. The molecule has 0 aliphatic heterocycles. The molecule has 4 aromatic carbocycles. The van der Waals surface area contributed by atoms with Crippen LogP contribution in [0, 0.1) is 0 Å². The molecule has 0 radical (unpaired) electrons. The van der Waals surface area contributed by atoms with Crippen LogP contribution in [0.5, 0.6) is 0 Å². The fourth-order valence-electron chi connectivity index (χ4n) is 4.07.